The normalized spacial score (nSPS) is 18.8. The number of hydrogen-bond acceptors (Lipinski definition) is 7. The van der Waals surface area contributed by atoms with Crippen molar-refractivity contribution in [2.45, 2.75) is 39.8 Å². The minimum atomic E-state index is -1.72. The van der Waals surface area contributed by atoms with Gasteiger partial charge in [0.05, 0.1) is 27.7 Å². The molecule has 44 heavy (non-hydrogen) atoms. The number of carbonyl (C=O) groups is 1. The van der Waals surface area contributed by atoms with Gasteiger partial charge >= 0.3 is 5.69 Å². The molecule has 4 heterocycles. The summed E-state index contributed by atoms with van der Waals surface area (Å²) >= 11 is 5.99. The molecular weight excluding hydrogens is 602 g/mol. The average Bonchev–Trinajstić information content (AvgIpc) is 2.99. The SMILES string of the molecule is C=CC(=O)N1CCN(c2nc(=O)n(C3=C(C)C=CNC3C(C)C)c3nc(-c4c(F)c(N)c(F)c(F)c4Cl)c(F)cc23)C[C@H]1C. The third kappa shape index (κ3) is 4.98. The molecule has 3 N–H and O–H groups in total. The van der Waals surface area contributed by atoms with Gasteiger partial charge in [0.1, 0.15) is 17.2 Å². The summed E-state index contributed by atoms with van der Waals surface area (Å²) in [6.07, 6.45) is 4.70. The zero-order valence-electron chi connectivity index (χ0n) is 24.4. The number of carbonyl (C=O) groups excluding carboxylic acids is 1. The second-order valence-corrected chi connectivity index (χ2v) is 11.5. The van der Waals surface area contributed by atoms with Gasteiger partial charge in [-0.05, 0) is 49.8 Å². The Morgan fingerprint density at radius 3 is 2.52 bits per heavy atom. The van der Waals surface area contributed by atoms with Crippen LogP contribution < -0.4 is 21.6 Å². The Morgan fingerprint density at radius 2 is 1.89 bits per heavy atom. The van der Waals surface area contributed by atoms with Crippen LogP contribution in [0.1, 0.15) is 27.7 Å². The lowest BCUT2D eigenvalue weighted by Crippen LogP contribution is -2.54. The van der Waals surface area contributed by atoms with Crippen LogP contribution in [0.25, 0.3) is 28.0 Å². The maximum atomic E-state index is 15.9. The quantitative estimate of drug-likeness (QED) is 0.136. The number of fused-ring (bicyclic) bond motifs is 1. The van der Waals surface area contributed by atoms with Crippen molar-refractivity contribution in [2.75, 3.05) is 30.3 Å². The molecule has 2 aliphatic rings. The monoisotopic (exact) mass is 631 g/mol. The predicted octanol–water partition coefficient (Wildman–Crippen LogP) is 4.85. The lowest BCUT2D eigenvalue weighted by molar-refractivity contribution is -0.128. The van der Waals surface area contributed by atoms with E-state index >= 15 is 8.78 Å². The summed E-state index contributed by atoms with van der Waals surface area (Å²) in [5, 5.41) is 2.25. The zero-order valence-corrected chi connectivity index (χ0v) is 25.1. The second kappa shape index (κ2) is 11.6. The largest absolute Gasteiger partial charge is 0.394 e. The second-order valence-electron chi connectivity index (χ2n) is 11.1. The fourth-order valence-corrected chi connectivity index (χ4v) is 5.96. The molecule has 0 bridgehead atoms. The predicted molar refractivity (Wildman–Crippen MR) is 162 cm³/mol. The third-order valence-corrected chi connectivity index (χ3v) is 8.29. The molecule has 232 valence electrons. The number of allylic oxidation sites excluding steroid dienone is 2. The zero-order chi connectivity index (χ0) is 32.2. The lowest BCUT2D eigenvalue weighted by Gasteiger charge is -2.40. The van der Waals surface area contributed by atoms with Gasteiger partial charge < -0.3 is 20.9 Å². The lowest BCUT2D eigenvalue weighted by atomic mass is 9.95. The number of nitrogen functional groups attached to an aromatic ring is 1. The number of nitrogens with zero attached hydrogens (tertiary/aromatic N) is 5. The Bertz CT molecular complexity index is 1810. The van der Waals surface area contributed by atoms with Gasteiger partial charge in [-0.2, -0.15) is 4.98 Å². The summed E-state index contributed by atoms with van der Waals surface area (Å²) in [7, 11) is 0. The Morgan fingerprint density at radius 1 is 1.18 bits per heavy atom. The summed E-state index contributed by atoms with van der Waals surface area (Å²) in [5.74, 6) is -6.24. The Hall–Kier alpha value is -4.39. The van der Waals surface area contributed by atoms with E-state index in [1.165, 1.54) is 10.6 Å². The van der Waals surface area contributed by atoms with Crippen LogP contribution in [0, 0.1) is 29.2 Å². The number of aromatic nitrogens is 3. The summed E-state index contributed by atoms with van der Waals surface area (Å²) in [4.78, 5) is 38.3. The van der Waals surface area contributed by atoms with Crippen molar-refractivity contribution in [2.24, 2.45) is 5.92 Å². The molecule has 9 nitrogen and oxygen atoms in total. The number of amides is 1. The highest BCUT2D eigenvalue weighted by molar-refractivity contribution is 6.33. The number of pyridine rings is 1. The van der Waals surface area contributed by atoms with E-state index in [-0.39, 0.29) is 54.4 Å². The molecule has 2 aliphatic heterocycles. The molecule has 1 aromatic carbocycles. The number of anilines is 2. The highest BCUT2D eigenvalue weighted by Crippen LogP contribution is 2.40. The molecule has 1 saturated heterocycles. The molecule has 1 fully saturated rings. The molecule has 0 spiro atoms. The van der Waals surface area contributed by atoms with Crippen molar-refractivity contribution in [1.82, 2.24) is 24.8 Å². The smallest absolute Gasteiger partial charge is 0.355 e. The first-order valence-electron chi connectivity index (χ1n) is 13.8. The minimum Gasteiger partial charge on any atom is -0.394 e. The van der Waals surface area contributed by atoms with Gasteiger partial charge in [0.25, 0.3) is 0 Å². The number of nitrogens with two attached hydrogens (primary N) is 1. The Labute approximate surface area is 255 Å². The molecule has 0 aliphatic carbocycles. The summed E-state index contributed by atoms with van der Waals surface area (Å²) < 4.78 is 61.2. The molecule has 1 unspecified atom stereocenters. The molecule has 1 amide bonds. The minimum absolute atomic E-state index is 0.0411. The van der Waals surface area contributed by atoms with Crippen molar-refractivity contribution in [3.05, 3.63) is 75.3 Å². The van der Waals surface area contributed by atoms with E-state index in [1.54, 1.807) is 29.0 Å². The first-order chi connectivity index (χ1) is 20.8. The topological polar surface area (TPSA) is 109 Å². The number of nitrogens with one attached hydrogen (secondary N) is 1. The van der Waals surface area contributed by atoms with Crippen molar-refractivity contribution >= 4 is 45.7 Å². The van der Waals surface area contributed by atoms with Gasteiger partial charge in [0.2, 0.25) is 5.91 Å². The molecule has 3 aromatic rings. The van der Waals surface area contributed by atoms with Crippen molar-refractivity contribution in [3.8, 4) is 11.3 Å². The van der Waals surface area contributed by atoms with Crippen LogP contribution in [0.2, 0.25) is 5.02 Å². The maximum absolute atomic E-state index is 15.9. The van der Waals surface area contributed by atoms with Gasteiger partial charge in [-0.1, -0.05) is 32.0 Å². The number of halogens is 5. The first-order valence-corrected chi connectivity index (χ1v) is 14.2. The molecule has 0 radical (unpaired) electrons. The van der Waals surface area contributed by atoms with Crippen LogP contribution in [0.5, 0.6) is 0 Å². The van der Waals surface area contributed by atoms with Gasteiger partial charge in [-0.15, -0.1) is 0 Å². The van der Waals surface area contributed by atoms with E-state index in [4.69, 9.17) is 17.3 Å². The van der Waals surface area contributed by atoms with Crippen LogP contribution in [0.4, 0.5) is 29.1 Å². The van der Waals surface area contributed by atoms with E-state index < -0.39 is 57.0 Å². The van der Waals surface area contributed by atoms with Gasteiger partial charge in [-0.3, -0.25) is 4.79 Å². The number of dihydropyridines is 1. The molecule has 2 atom stereocenters. The van der Waals surface area contributed by atoms with E-state index in [0.717, 1.165) is 6.07 Å². The average molecular weight is 632 g/mol. The number of rotatable bonds is 5. The van der Waals surface area contributed by atoms with Crippen LogP contribution in [-0.4, -0.2) is 57.1 Å². The molecule has 2 aromatic heterocycles. The fourth-order valence-electron chi connectivity index (χ4n) is 5.70. The molecule has 14 heteroatoms. The van der Waals surface area contributed by atoms with E-state index in [1.807, 2.05) is 20.8 Å². The summed E-state index contributed by atoms with van der Waals surface area (Å²) in [6, 6.07) is 0.282. The van der Waals surface area contributed by atoms with Crippen LogP contribution in [0.3, 0.4) is 0 Å². The first kappa shape index (κ1) is 31.0. The Balaban J connectivity index is 1.83. The number of piperazine rings is 1. The molecule has 5 rings (SSSR count). The van der Waals surface area contributed by atoms with Gasteiger partial charge in [0.15, 0.2) is 28.9 Å². The van der Waals surface area contributed by atoms with Crippen LogP contribution >= 0.6 is 11.6 Å². The standard InChI is InChI=1S/C30H30ClF4N7O2/c1-6-18(43)41-10-9-40(12-15(41)5)28-16-11-17(32)26(19-20(31)22(34)23(35)24(36)21(19)33)38-29(16)42(30(44)39-28)27-14(4)7-8-37-25(27)13(2)3/h6-8,11,13,15,25,37H,1,9-10,12,36H2,2-5H3/t15-,25?/m1/s1. The van der Waals surface area contributed by atoms with E-state index in [0.29, 0.717) is 11.3 Å². The van der Waals surface area contributed by atoms with Crippen LogP contribution in [-0.2, 0) is 4.79 Å². The summed E-state index contributed by atoms with van der Waals surface area (Å²) in [5.41, 5.74) is 2.84. The highest BCUT2D eigenvalue weighted by Gasteiger charge is 2.33. The van der Waals surface area contributed by atoms with Crippen molar-refractivity contribution in [1.29, 1.82) is 0 Å². The summed E-state index contributed by atoms with van der Waals surface area (Å²) in [6.45, 7) is 11.8. The maximum Gasteiger partial charge on any atom is 0.355 e. The number of hydrogen-bond donors (Lipinski definition) is 2. The van der Waals surface area contributed by atoms with Crippen molar-refractivity contribution < 1.29 is 22.4 Å². The van der Waals surface area contributed by atoms with E-state index in [9.17, 15) is 18.4 Å². The fraction of sp³-hybridized carbons (Fsp3) is 0.333. The highest BCUT2D eigenvalue weighted by atomic mass is 35.5. The van der Waals surface area contributed by atoms with Crippen molar-refractivity contribution in [3.63, 3.8) is 0 Å². The molecule has 0 saturated carbocycles. The Kier molecular flexibility index (Phi) is 8.19. The van der Waals surface area contributed by atoms with Gasteiger partial charge in [0, 0.05) is 25.7 Å². The molecular formula is C30H30ClF4N7O2. The van der Waals surface area contributed by atoms with Gasteiger partial charge in [-0.25, -0.2) is 31.9 Å². The third-order valence-electron chi connectivity index (χ3n) is 7.94. The number of benzene rings is 1. The van der Waals surface area contributed by atoms with Crippen LogP contribution in [0.15, 0.2) is 41.4 Å². The van der Waals surface area contributed by atoms with E-state index in [2.05, 4.69) is 21.9 Å².